The molecular formula is C24H37N3O4Si. The zero-order valence-electron chi connectivity index (χ0n) is 20.7. The summed E-state index contributed by atoms with van der Waals surface area (Å²) in [6.07, 6.45) is 3.98. The van der Waals surface area contributed by atoms with Crippen LogP contribution in [-0.2, 0) is 20.4 Å². The number of aromatic amines is 1. The highest BCUT2D eigenvalue weighted by molar-refractivity contribution is 6.74. The maximum Gasteiger partial charge on any atom is 0.411 e. The fourth-order valence-electron chi connectivity index (χ4n) is 3.63. The van der Waals surface area contributed by atoms with Gasteiger partial charge in [0.2, 0.25) is 0 Å². The summed E-state index contributed by atoms with van der Waals surface area (Å²) in [4.78, 5) is 35.5. The number of aromatic nitrogens is 1. The monoisotopic (exact) mass is 459 g/mol. The molecule has 0 aromatic carbocycles. The van der Waals surface area contributed by atoms with Gasteiger partial charge in [0.05, 0.1) is 24.4 Å². The number of hydrogen-bond donors (Lipinski definition) is 1. The van der Waals surface area contributed by atoms with Crippen LogP contribution >= 0.6 is 0 Å². The third-order valence-corrected chi connectivity index (χ3v) is 10.8. The Bertz CT molecular complexity index is 947. The number of carbonyl (C=O) groups is 2. The van der Waals surface area contributed by atoms with E-state index in [2.05, 4.69) is 38.8 Å². The van der Waals surface area contributed by atoms with Gasteiger partial charge in [-0.15, -0.1) is 0 Å². The third kappa shape index (κ3) is 5.40. The van der Waals surface area contributed by atoms with Crippen LogP contribution in [0.5, 0.6) is 0 Å². The molecule has 3 rings (SSSR count). The molecule has 7 nitrogen and oxygen atoms in total. The van der Waals surface area contributed by atoms with Crippen molar-refractivity contribution in [2.75, 3.05) is 13.2 Å². The Morgan fingerprint density at radius 1 is 1.25 bits per heavy atom. The second-order valence-corrected chi connectivity index (χ2v) is 16.0. The number of rotatable bonds is 4. The first kappa shape index (κ1) is 24.4. The Morgan fingerprint density at radius 2 is 1.94 bits per heavy atom. The van der Waals surface area contributed by atoms with Gasteiger partial charge < -0.3 is 14.1 Å². The molecule has 32 heavy (non-hydrogen) atoms. The minimum Gasteiger partial charge on any atom is -0.444 e. The summed E-state index contributed by atoms with van der Waals surface area (Å²) in [6, 6.07) is 1.49. The van der Waals surface area contributed by atoms with Gasteiger partial charge in [-0.1, -0.05) is 20.8 Å². The number of ether oxygens (including phenoxy) is 1. The molecule has 0 spiro atoms. The molecule has 176 valence electrons. The molecule has 0 fully saturated rings. The highest BCUT2D eigenvalue weighted by Crippen LogP contribution is 2.39. The standard InChI is InChI=1S/C24H37N3O4Si/c1-23(2,3)31-22(29)27-12-10-19-18(9-11-25-19)21(27)20-14-17(28)13-16(26-20)15-30-32(7,8)24(4,5)6/h9,11,14,21,25H,10,12-13,15H2,1-8H3. The van der Waals surface area contributed by atoms with Gasteiger partial charge in [0, 0.05) is 36.5 Å². The Hall–Kier alpha value is -2.19. The van der Waals surface area contributed by atoms with Gasteiger partial charge in [-0.05, 0) is 45.0 Å². The van der Waals surface area contributed by atoms with Crippen molar-refractivity contribution in [1.82, 2.24) is 9.88 Å². The summed E-state index contributed by atoms with van der Waals surface area (Å²) in [6.45, 7) is 17.3. The number of nitrogens with one attached hydrogen (secondary N) is 1. The Kier molecular flexibility index (Phi) is 6.59. The molecule has 2 aliphatic rings. The van der Waals surface area contributed by atoms with E-state index in [1.807, 2.05) is 33.0 Å². The summed E-state index contributed by atoms with van der Waals surface area (Å²) in [5, 5.41) is 0.0712. The first-order valence-corrected chi connectivity index (χ1v) is 14.2. The third-order valence-electron chi connectivity index (χ3n) is 6.37. The molecule has 1 unspecified atom stereocenters. The summed E-state index contributed by atoms with van der Waals surface area (Å²) >= 11 is 0. The molecule has 1 N–H and O–H groups in total. The molecule has 2 aliphatic heterocycles. The maximum atomic E-state index is 13.0. The predicted molar refractivity (Wildman–Crippen MR) is 128 cm³/mol. The van der Waals surface area contributed by atoms with E-state index in [9.17, 15) is 9.59 Å². The molecule has 0 radical (unpaired) electrons. The van der Waals surface area contributed by atoms with Crippen LogP contribution in [0.3, 0.4) is 0 Å². The second-order valence-electron chi connectivity index (χ2n) is 11.2. The second kappa shape index (κ2) is 8.63. The van der Waals surface area contributed by atoms with E-state index in [0.29, 0.717) is 31.0 Å². The van der Waals surface area contributed by atoms with Crippen molar-refractivity contribution >= 4 is 25.9 Å². The van der Waals surface area contributed by atoms with E-state index in [4.69, 9.17) is 14.2 Å². The van der Waals surface area contributed by atoms with Crippen LogP contribution in [0.1, 0.15) is 65.3 Å². The lowest BCUT2D eigenvalue weighted by Gasteiger charge is -2.38. The van der Waals surface area contributed by atoms with Crippen molar-refractivity contribution in [3.05, 3.63) is 35.3 Å². The van der Waals surface area contributed by atoms with Crippen molar-refractivity contribution in [3.63, 3.8) is 0 Å². The number of nitrogens with zero attached hydrogens (tertiary/aromatic N) is 2. The van der Waals surface area contributed by atoms with Crippen molar-refractivity contribution in [2.45, 2.75) is 84.2 Å². The minimum atomic E-state index is -1.98. The maximum absolute atomic E-state index is 13.0. The average molecular weight is 460 g/mol. The van der Waals surface area contributed by atoms with E-state index in [0.717, 1.165) is 11.3 Å². The molecule has 3 heterocycles. The lowest BCUT2D eigenvalue weighted by Crippen LogP contribution is -2.44. The Labute approximate surface area is 192 Å². The molecule has 1 amide bonds. The quantitative estimate of drug-likeness (QED) is 0.630. The van der Waals surface area contributed by atoms with Crippen LogP contribution < -0.4 is 0 Å². The zero-order valence-corrected chi connectivity index (χ0v) is 21.7. The highest BCUT2D eigenvalue weighted by atomic mass is 28.4. The van der Waals surface area contributed by atoms with Gasteiger partial charge in [0.25, 0.3) is 0 Å². The largest absolute Gasteiger partial charge is 0.444 e. The van der Waals surface area contributed by atoms with E-state index in [-0.39, 0.29) is 17.2 Å². The van der Waals surface area contributed by atoms with Crippen molar-refractivity contribution in [1.29, 1.82) is 0 Å². The van der Waals surface area contributed by atoms with Crippen molar-refractivity contribution in [3.8, 4) is 0 Å². The summed E-state index contributed by atoms with van der Waals surface area (Å²) in [5.74, 6) is -0.0179. The summed E-state index contributed by atoms with van der Waals surface area (Å²) in [5.41, 5.74) is 2.69. The molecule has 0 saturated heterocycles. The number of amides is 1. The molecule has 0 bridgehead atoms. The smallest absolute Gasteiger partial charge is 0.411 e. The van der Waals surface area contributed by atoms with Crippen LogP contribution in [0.15, 0.2) is 29.0 Å². The van der Waals surface area contributed by atoms with E-state index in [1.165, 1.54) is 0 Å². The van der Waals surface area contributed by atoms with Crippen LogP contribution in [0.4, 0.5) is 4.79 Å². The molecule has 0 saturated carbocycles. The number of fused-ring (bicyclic) bond motifs is 1. The first-order valence-electron chi connectivity index (χ1n) is 11.3. The van der Waals surface area contributed by atoms with Crippen molar-refractivity contribution < 1.29 is 18.8 Å². The van der Waals surface area contributed by atoms with Crippen LogP contribution in [0.25, 0.3) is 0 Å². The topological polar surface area (TPSA) is 84.0 Å². The van der Waals surface area contributed by atoms with Gasteiger partial charge in [-0.25, -0.2) is 4.79 Å². The number of H-pyrrole nitrogens is 1. The number of allylic oxidation sites excluding steroid dienone is 1. The van der Waals surface area contributed by atoms with Crippen LogP contribution in [0, 0.1) is 0 Å². The van der Waals surface area contributed by atoms with Gasteiger partial charge >= 0.3 is 6.09 Å². The van der Waals surface area contributed by atoms with Crippen LogP contribution in [-0.4, -0.2) is 54.5 Å². The van der Waals surface area contributed by atoms with E-state index >= 15 is 0 Å². The minimum absolute atomic E-state index is 0.0179. The molecule has 1 aromatic rings. The highest BCUT2D eigenvalue weighted by Gasteiger charge is 2.39. The number of ketones is 1. The van der Waals surface area contributed by atoms with Gasteiger partial charge in [0.15, 0.2) is 14.1 Å². The lowest BCUT2D eigenvalue weighted by atomic mass is 9.94. The fraction of sp³-hybridized carbons (Fsp3) is 0.625. The fourth-order valence-corrected chi connectivity index (χ4v) is 4.59. The van der Waals surface area contributed by atoms with Crippen molar-refractivity contribution in [2.24, 2.45) is 4.99 Å². The van der Waals surface area contributed by atoms with Crippen LogP contribution in [0.2, 0.25) is 18.1 Å². The summed E-state index contributed by atoms with van der Waals surface area (Å²) in [7, 11) is -1.98. The molecule has 0 aliphatic carbocycles. The van der Waals surface area contributed by atoms with E-state index in [1.54, 1.807) is 11.0 Å². The molecular weight excluding hydrogens is 422 g/mol. The van der Waals surface area contributed by atoms with Gasteiger partial charge in [-0.3, -0.25) is 14.7 Å². The van der Waals surface area contributed by atoms with E-state index < -0.39 is 26.1 Å². The number of carbonyl (C=O) groups excluding carboxylic acids is 2. The molecule has 1 aromatic heterocycles. The zero-order chi connectivity index (χ0) is 23.9. The molecule has 1 atom stereocenters. The number of aliphatic imine (C=N–C) groups is 1. The normalized spacial score (nSPS) is 19.9. The molecule has 8 heteroatoms. The predicted octanol–water partition coefficient (Wildman–Crippen LogP) is 5.17. The SMILES string of the molecule is CC(C)(C)OC(=O)N1CCc2[nH]ccc2C1C1=CC(=O)CC(CO[Si](C)(C)C(C)(C)C)=N1. The average Bonchev–Trinajstić information content (AvgIpc) is 3.11. The summed E-state index contributed by atoms with van der Waals surface area (Å²) < 4.78 is 12.0. The lowest BCUT2D eigenvalue weighted by molar-refractivity contribution is -0.113. The Morgan fingerprint density at radius 3 is 2.56 bits per heavy atom. The van der Waals surface area contributed by atoms with Gasteiger partial charge in [0.1, 0.15) is 11.6 Å². The number of hydrogen-bond acceptors (Lipinski definition) is 5. The Balaban J connectivity index is 1.91. The van der Waals surface area contributed by atoms with Gasteiger partial charge in [-0.2, -0.15) is 0 Å². The first-order chi connectivity index (χ1) is 14.7.